The molecule has 394 valence electrons. The molecule has 18 nitrogen and oxygen atoms in total. The van der Waals surface area contributed by atoms with Gasteiger partial charge in [0.1, 0.15) is 30.2 Å². The van der Waals surface area contributed by atoms with Crippen LogP contribution in [0, 0.1) is 0 Å². The largest absolute Gasteiger partial charge is 0.424 e. The first-order valence-corrected chi connectivity index (χ1v) is 25.6. The van der Waals surface area contributed by atoms with Gasteiger partial charge in [0, 0.05) is 37.5 Å². The third-order valence-corrected chi connectivity index (χ3v) is 13.2. The lowest BCUT2D eigenvalue weighted by Gasteiger charge is -2.24. The Labute approximate surface area is 416 Å². The number of hydrogen-bond donors (Lipinski definition) is 6. The number of H-pyrrole nitrogens is 2. The van der Waals surface area contributed by atoms with Crippen LogP contribution in [0.3, 0.4) is 0 Å². The number of nitrogens with zero attached hydrogens (tertiary/aromatic N) is 2. The molecule has 21 heteroatoms. The Kier molecular flexibility index (Phi) is 24.1. The summed E-state index contributed by atoms with van der Waals surface area (Å²) in [5.74, 6) is 0.129. The molecule has 2 fully saturated rings. The van der Waals surface area contributed by atoms with Crippen LogP contribution >= 0.6 is 7.60 Å². The first kappa shape index (κ1) is 58.7. The number of amides is 1. The second-order valence-electron chi connectivity index (χ2n) is 17.2. The quantitative estimate of drug-likeness (QED) is 0.0293. The Bertz CT molecular complexity index is 2620. The van der Waals surface area contributed by atoms with Crippen molar-refractivity contribution in [3.8, 4) is 5.75 Å². The number of nitrogens with one attached hydrogen (secondary N) is 3. The van der Waals surface area contributed by atoms with Crippen molar-refractivity contribution < 1.29 is 52.0 Å². The molecule has 0 aliphatic carbocycles. The number of aliphatic hydroxyl groups excluding tert-OH is 3. The second-order valence-corrected chi connectivity index (χ2v) is 19.3. The monoisotopic (exact) mass is 1030 g/mol. The van der Waals surface area contributed by atoms with E-state index < -0.39 is 91.5 Å². The average molecular weight is 1030 g/mol. The number of allylic oxidation sites excluding steroid dienone is 12. The van der Waals surface area contributed by atoms with E-state index in [0.717, 1.165) is 86.0 Å². The average Bonchev–Trinajstić information content (AvgIpc) is 3.71. The molecule has 2 saturated heterocycles. The fourth-order valence-electron chi connectivity index (χ4n) is 7.35. The van der Waals surface area contributed by atoms with Crippen molar-refractivity contribution in [1.82, 2.24) is 24.4 Å². The van der Waals surface area contributed by atoms with E-state index in [9.17, 15) is 43.1 Å². The third kappa shape index (κ3) is 18.3. The Morgan fingerprint density at radius 3 is 1.65 bits per heavy atom. The van der Waals surface area contributed by atoms with Crippen LogP contribution in [0.2, 0.25) is 0 Å². The minimum absolute atomic E-state index is 0.0894. The van der Waals surface area contributed by atoms with Crippen molar-refractivity contribution in [3.05, 3.63) is 169 Å². The molecule has 6 N–H and O–H groups in total. The van der Waals surface area contributed by atoms with Crippen molar-refractivity contribution in [2.24, 2.45) is 0 Å². The van der Waals surface area contributed by atoms with E-state index in [-0.39, 0.29) is 30.8 Å². The van der Waals surface area contributed by atoms with Gasteiger partial charge < -0.3 is 34.6 Å². The number of para-hydroxylation sites is 1. The standard InChI is InChI=1S/C41H55FN3O8P.C10H13FN2O5/c1-3-4-5-6-7-8-9-10-11-12-13-14-15-16-17-18-19-20-24-28-36(46)43-30-25-32-54(50,53-34-26-22-21-23-27-34)51-33-35-38(48)41(2,42)39(52-35)45-31-29-37(47)44-40(45)49;1-10(11)7(16)5(4-14)18-8(10)13-3-2-6(15)12-9(13)17/h4-5,7-8,10-11,13-14,16-17,19-23,26-27,29,31,35,38-39,48H,3,6,9,12,15,18,24-25,28,30,32-33H2,1-2H3,(H,43,46)(H,44,47,49);2-3,5,7-8,14,16H,4H2,1H3,(H,12,15,17)/b5-4-,8-7-,11-10-,14-13-,17-16-,20-19-;/t35-,38-,39-,41-,54?;5-,7-,8-,10-/m11/s1. The fourth-order valence-corrected chi connectivity index (χ4v) is 8.98. The summed E-state index contributed by atoms with van der Waals surface area (Å²) in [4.78, 5) is 62.6. The van der Waals surface area contributed by atoms with Crippen molar-refractivity contribution in [2.45, 2.75) is 127 Å². The summed E-state index contributed by atoms with van der Waals surface area (Å²) in [5, 5.41) is 32.1. The number of benzene rings is 1. The highest BCUT2D eigenvalue weighted by molar-refractivity contribution is 7.54. The van der Waals surface area contributed by atoms with Gasteiger partial charge in [-0.1, -0.05) is 98.0 Å². The van der Waals surface area contributed by atoms with Gasteiger partial charge in [0.05, 0.1) is 19.4 Å². The number of aromatic nitrogens is 4. The lowest BCUT2D eigenvalue weighted by Crippen LogP contribution is -2.43. The minimum Gasteiger partial charge on any atom is -0.424 e. The van der Waals surface area contributed by atoms with Crippen molar-refractivity contribution >= 4 is 13.5 Å². The highest BCUT2D eigenvalue weighted by Gasteiger charge is 2.56. The maximum absolute atomic E-state index is 15.6. The van der Waals surface area contributed by atoms with E-state index in [2.05, 4.69) is 73.0 Å². The molecule has 0 radical (unpaired) electrons. The Hall–Kier alpha value is -5.86. The van der Waals surface area contributed by atoms with Crippen LogP contribution in [-0.2, 0) is 23.4 Å². The van der Waals surface area contributed by atoms with Gasteiger partial charge in [0.25, 0.3) is 11.1 Å². The maximum atomic E-state index is 15.6. The first-order valence-electron chi connectivity index (χ1n) is 23.9. The lowest BCUT2D eigenvalue weighted by atomic mass is 9.98. The van der Waals surface area contributed by atoms with Crippen LogP contribution in [0.4, 0.5) is 8.78 Å². The molecule has 9 atom stereocenters. The van der Waals surface area contributed by atoms with Gasteiger partial charge in [-0.15, -0.1) is 0 Å². The summed E-state index contributed by atoms with van der Waals surface area (Å²) in [6, 6.07) is 10.4. The molecular formula is C51H68F2N5O13P. The number of ether oxygens (including phenoxy) is 2. The van der Waals surface area contributed by atoms with Crippen molar-refractivity contribution in [1.29, 1.82) is 0 Å². The van der Waals surface area contributed by atoms with Crippen LogP contribution in [0.5, 0.6) is 5.75 Å². The summed E-state index contributed by atoms with van der Waals surface area (Å²) in [6.07, 6.45) is 25.6. The molecular weight excluding hydrogens is 960 g/mol. The van der Waals surface area contributed by atoms with Crippen LogP contribution in [0.1, 0.15) is 91.0 Å². The molecule has 0 spiro atoms. The highest BCUT2D eigenvalue weighted by atomic mass is 31.2. The van der Waals surface area contributed by atoms with Gasteiger partial charge in [0.2, 0.25) is 5.91 Å². The summed E-state index contributed by atoms with van der Waals surface area (Å²) in [6.45, 7) is 3.39. The van der Waals surface area contributed by atoms with Crippen molar-refractivity contribution in [3.63, 3.8) is 0 Å². The molecule has 1 unspecified atom stereocenters. The van der Waals surface area contributed by atoms with Crippen LogP contribution < -0.4 is 32.3 Å². The zero-order chi connectivity index (χ0) is 52.6. The Morgan fingerprint density at radius 1 is 0.736 bits per heavy atom. The minimum atomic E-state index is -3.90. The molecule has 2 aromatic heterocycles. The molecule has 72 heavy (non-hydrogen) atoms. The molecule has 0 saturated carbocycles. The van der Waals surface area contributed by atoms with E-state index in [4.69, 9.17) is 23.6 Å². The topological polar surface area (TPSA) is 253 Å². The van der Waals surface area contributed by atoms with Gasteiger partial charge in [-0.2, -0.15) is 0 Å². The number of hydrogen-bond acceptors (Lipinski definition) is 13. The van der Waals surface area contributed by atoms with Gasteiger partial charge in [0.15, 0.2) is 23.8 Å². The predicted molar refractivity (Wildman–Crippen MR) is 269 cm³/mol. The van der Waals surface area contributed by atoms with Crippen LogP contribution in [-0.4, -0.2) is 102 Å². The number of carbonyl (C=O) groups is 1. The highest BCUT2D eigenvalue weighted by Crippen LogP contribution is 2.50. The summed E-state index contributed by atoms with van der Waals surface area (Å²) in [7, 11) is -3.90. The number of aliphatic hydroxyl groups is 3. The third-order valence-electron chi connectivity index (χ3n) is 11.3. The maximum Gasteiger partial charge on any atom is 0.379 e. The molecule has 3 aromatic rings. The Morgan fingerprint density at radius 2 is 1.19 bits per heavy atom. The van der Waals surface area contributed by atoms with Gasteiger partial charge >= 0.3 is 19.0 Å². The number of halogens is 2. The Balaban J connectivity index is 0.000000519. The summed E-state index contributed by atoms with van der Waals surface area (Å²) >= 11 is 0. The summed E-state index contributed by atoms with van der Waals surface area (Å²) < 4.78 is 67.7. The normalized spacial score (nSPS) is 25.3. The zero-order valence-electron chi connectivity index (χ0n) is 40.8. The van der Waals surface area contributed by atoms with E-state index in [1.807, 2.05) is 22.1 Å². The molecule has 2 aliphatic rings. The zero-order valence-corrected chi connectivity index (χ0v) is 41.7. The first-order chi connectivity index (χ1) is 34.4. The summed E-state index contributed by atoms with van der Waals surface area (Å²) in [5.41, 5.74) is -7.75. The lowest BCUT2D eigenvalue weighted by molar-refractivity contribution is -0.121. The van der Waals surface area contributed by atoms with Crippen LogP contribution in [0.25, 0.3) is 0 Å². The molecule has 4 heterocycles. The second kappa shape index (κ2) is 29.6. The van der Waals surface area contributed by atoms with Crippen LogP contribution in [0.15, 0.2) is 147 Å². The van der Waals surface area contributed by atoms with Gasteiger partial charge in [-0.05, 0) is 77.3 Å². The molecule has 1 aromatic carbocycles. The number of carbonyl (C=O) groups excluding carboxylic acids is 1. The predicted octanol–water partition coefficient (Wildman–Crippen LogP) is 6.31. The molecule has 2 aliphatic heterocycles. The van der Waals surface area contributed by atoms with Crippen molar-refractivity contribution in [2.75, 3.05) is 25.9 Å². The molecule has 0 bridgehead atoms. The molecule has 1 amide bonds. The smallest absolute Gasteiger partial charge is 0.379 e. The fraction of sp³-hybridized carbons (Fsp3) is 0.471. The number of alkyl halides is 2. The van der Waals surface area contributed by atoms with E-state index in [1.165, 1.54) is 0 Å². The molecule has 5 rings (SSSR count). The van der Waals surface area contributed by atoms with E-state index in [1.54, 1.807) is 30.3 Å². The van der Waals surface area contributed by atoms with E-state index >= 15 is 4.39 Å². The van der Waals surface area contributed by atoms with E-state index in [0.29, 0.717) is 12.8 Å². The SMILES string of the molecule is CC/C=C\C/C=C\C/C=C\C/C=C\C/C=C\C/C=C\CCC(=O)NCCCP(=O)(OC[C@H]1O[C@@H](n2ccc(=O)[nH]c2=O)[C@](C)(F)[C@@H]1O)Oc1ccccc1.C[C@@]1(F)[C@H](O)[C@@H](CO)O[C@H]1n1ccc(=O)[nH]c1=O. The number of aromatic amines is 2. The number of rotatable bonds is 26. The van der Waals surface area contributed by atoms with Gasteiger partial charge in [-0.25, -0.2) is 22.9 Å². The van der Waals surface area contributed by atoms with Gasteiger partial charge in [-0.3, -0.25) is 38.0 Å².